The van der Waals surface area contributed by atoms with Crippen LogP contribution in [0.25, 0.3) is 0 Å². The fourth-order valence-corrected chi connectivity index (χ4v) is 3.98. The first-order valence-electron chi connectivity index (χ1n) is 9.77. The van der Waals surface area contributed by atoms with Gasteiger partial charge in [-0.25, -0.2) is 0 Å². The Kier molecular flexibility index (Phi) is 11.6. The van der Waals surface area contributed by atoms with Gasteiger partial charge in [-0.05, 0) is 92.3 Å². The molecule has 5 nitrogen and oxygen atoms in total. The highest BCUT2D eigenvalue weighted by molar-refractivity contribution is 7.97. The summed E-state index contributed by atoms with van der Waals surface area (Å²) < 4.78 is 6.86. The third kappa shape index (κ3) is 9.43. The van der Waals surface area contributed by atoms with Gasteiger partial charge in [-0.2, -0.15) is 0 Å². The van der Waals surface area contributed by atoms with E-state index in [2.05, 4.69) is 69.9 Å². The van der Waals surface area contributed by atoms with E-state index in [9.17, 15) is 0 Å². The number of nitrogens with two attached hydrogens (primary N) is 2. The zero-order valence-corrected chi connectivity index (χ0v) is 18.3. The molecule has 0 unspecified atom stereocenters. The van der Waals surface area contributed by atoms with Crippen molar-refractivity contribution < 1.29 is 0 Å². The van der Waals surface area contributed by atoms with Crippen LogP contribution < -0.4 is 20.9 Å². The van der Waals surface area contributed by atoms with Crippen LogP contribution in [0.15, 0.2) is 58.3 Å². The molecule has 28 heavy (non-hydrogen) atoms. The first-order chi connectivity index (χ1) is 13.7. The molecule has 2 aromatic rings. The second-order valence-corrected chi connectivity index (χ2v) is 8.63. The highest BCUT2D eigenvalue weighted by Crippen LogP contribution is 2.16. The average Bonchev–Trinajstić information content (AvgIpc) is 2.74. The first kappa shape index (κ1) is 23.2. The molecule has 2 aromatic carbocycles. The standard InChI is InChI=1S/C21H33N5S2/c1-26(14-2-12-24-27-20-8-4-18(16-22)5-9-20)15-3-13-25-28-21-10-6-19(17-23)7-11-21/h4-11,24-25H,2-3,12-17,22-23H2,1H3. The van der Waals surface area contributed by atoms with Gasteiger partial charge in [0, 0.05) is 36.0 Å². The van der Waals surface area contributed by atoms with Gasteiger partial charge < -0.3 is 16.4 Å². The largest absolute Gasteiger partial charge is 0.326 e. The molecule has 0 amide bonds. The Hall–Kier alpha value is -1.06. The highest BCUT2D eigenvalue weighted by atomic mass is 32.2. The summed E-state index contributed by atoms with van der Waals surface area (Å²) in [5, 5.41) is 0. The van der Waals surface area contributed by atoms with E-state index in [1.54, 1.807) is 23.9 Å². The van der Waals surface area contributed by atoms with E-state index in [-0.39, 0.29) is 0 Å². The maximum atomic E-state index is 5.62. The van der Waals surface area contributed by atoms with Crippen LogP contribution in [0, 0.1) is 0 Å². The number of hydrogen-bond donors (Lipinski definition) is 4. The van der Waals surface area contributed by atoms with E-state index in [1.807, 2.05) is 0 Å². The van der Waals surface area contributed by atoms with Crippen LogP contribution >= 0.6 is 23.9 Å². The second kappa shape index (κ2) is 14.0. The molecule has 0 spiro atoms. The van der Waals surface area contributed by atoms with E-state index >= 15 is 0 Å². The third-order valence-corrected chi connectivity index (χ3v) is 6.05. The molecule has 0 aliphatic heterocycles. The van der Waals surface area contributed by atoms with Crippen LogP contribution in [0.2, 0.25) is 0 Å². The van der Waals surface area contributed by atoms with Gasteiger partial charge in [0.25, 0.3) is 0 Å². The van der Waals surface area contributed by atoms with Crippen molar-refractivity contribution in [1.82, 2.24) is 14.3 Å². The Bertz CT molecular complexity index is 591. The molecule has 0 aromatic heterocycles. The summed E-state index contributed by atoms with van der Waals surface area (Å²) in [6.07, 6.45) is 2.28. The SMILES string of the molecule is CN(CCCNSc1ccc(CN)cc1)CCCNSc1ccc(CN)cc1. The highest BCUT2D eigenvalue weighted by Gasteiger charge is 2.00. The fraction of sp³-hybridized carbons (Fsp3) is 0.429. The monoisotopic (exact) mass is 419 g/mol. The Morgan fingerprint density at radius 1 is 0.714 bits per heavy atom. The van der Waals surface area contributed by atoms with Crippen molar-refractivity contribution in [3.8, 4) is 0 Å². The number of nitrogens with zero attached hydrogens (tertiary/aromatic N) is 1. The van der Waals surface area contributed by atoms with Crippen LogP contribution in [-0.4, -0.2) is 38.1 Å². The molecule has 2 rings (SSSR count). The van der Waals surface area contributed by atoms with E-state index < -0.39 is 0 Å². The summed E-state index contributed by atoms with van der Waals surface area (Å²) in [5.74, 6) is 0. The Morgan fingerprint density at radius 3 is 1.46 bits per heavy atom. The second-order valence-electron chi connectivity index (χ2n) is 6.70. The molecule has 6 N–H and O–H groups in total. The molecule has 0 aliphatic carbocycles. The lowest BCUT2D eigenvalue weighted by Crippen LogP contribution is -2.25. The molecular formula is C21H33N5S2. The minimum Gasteiger partial charge on any atom is -0.326 e. The zero-order chi connectivity index (χ0) is 20.0. The molecule has 0 bridgehead atoms. The van der Waals surface area contributed by atoms with Crippen molar-refractivity contribution in [1.29, 1.82) is 0 Å². The van der Waals surface area contributed by atoms with E-state index in [4.69, 9.17) is 11.5 Å². The predicted molar refractivity (Wildman–Crippen MR) is 123 cm³/mol. The van der Waals surface area contributed by atoms with Crippen LogP contribution in [0.4, 0.5) is 0 Å². The lowest BCUT2D eigenvalue weighted by molar-refractivity contribution is 0.326. The van der Waals surface area contributed by atoms with Crippen LogP contribution in [0.1, 0.15) is 24.0 Å². The third-order valence-electron chi connectivity index (χ3n) is 4.34. The normalized spacial score (nSPS) is 11.3. The van der Waals surface area contributed by atoms with E-state index in [0.29, 0.717) is 13.1 Å². The predicted octanol–water partition coefficient (Wildman–Crippen LogP) is 3.21. The Labute approximate surface area is 178 Å². The molecule has 0 saturated heterocycles. The Morgan fingerprint density at radius 2 is 1.11 bits per heavy atom. The van der Waals surface area contributed by atoms with Gasteiger partial charge in [-0.1, -0.05) is 24.3 Å². The molecular weight excluding hydrogens is 386 g/mol. The maximum absolute atomic E-state index is 5.62. The van der Waals surface area contributed by atoms with Gasteiger partial charge in [0.2, 0.25) is 0 Å². The zero-order valence-electron chi connectivity index (χ0n) is 16.7. The Balaban J connectivity index is 1.45. The smallest absolute Gasteiger partial charge is 0.0228 e. The van der Waals surface area contributed by atoms with E-state index in [1.165, 1.54) is 20.9 Å². The average molecular weight is 420 g/mol. The van der Waals surface area contributed by atoms with E-state index in [0.717, 1.165) is 39.0 Å². The van der Waals surface area contributed by atoms with Gasteiger partial charge in [0.15, 0.2) is 0 Å². The van der Waals surface area contributed by atoms with Crippen LogP contribution in [0.5, 0.6) is 0 Å². The van der Waals surface area contributed by atoms with Crippen molar-refractivity contribution >= 4 is 23.9 Å². The topological polar surface area (TPSA) is 79.3 Å². The van der Waals surface area contributed by atoms with Crippen molar-refractivity contribution in [2.24, 2.45) is 11.5 Å². The first-order valence-corrected chi connectivity index (χ1v) is 11.4. The number of nitrogens with one attached hydrogen (secondary N) is 2. The summed E-state index contributed by atoms with van der Waals surface area (Å²) in [6, 6.07) is 16.8. The molecule has 154 valence electrons. The molecule has 0 atom stereocenters. The van der Waals surface area contributed by atoms with Gasteiger partial charge in [0.1, 0.15) is 0 Å². The van der Waals surface area contributed by atoms with Crippen LogP contribution in [-0.2, 0) is 13.1 Å². The summed E-state index contributed by atoms with van der Waals surface area (Å²) in [6.45, 7) is 5.41. The summed E-state index contributed by atoms with van der Waals surface area (Å²) in [5.41, 5.74) is 13.6. The minimum atomic E-state index is 0.598. The van der Waals surface area contributed by atoms with Crippen LogP contribution in [0.3, 0.4) is 0 Å². The lowest BCUT2D eigenvalue weighted by atomic mass is 10.2. The number of hydrogen-bond acceptors (Lipinski definition) is 7. The van der Waals surface area contributed by atoms with Crippen molar-refractivity contribution in [3.63, 3.8) is 0 Å². The maximum Gasteiger partial charge on any atom is 0.0228 e. The van der Waals surface area contributed by atoms with Crippen molar-refractivity contribution in [3.05, 3.63) is 59.7 Å². The summed E-state index contributed by atoms with van der Waals surface area (Å²) >= 11 is 3.37. The summed E-state index contributed by atoms with van der Waals surface area (Å²) in [7, 11) is 2.19. The molecule has 7 heteroatoms. The van der Waals surface area contributed by atoms with Gasteiger partial charge in [0.05, 0.1) is 0 Å². The molecule has 0 fully saturated rings. The van der Waals surface area contributed by atoms with Gasteiger partial charge in [-0.3, -0.25) is 9.44 Å². The van der Waals surface area contributed by atoms with Crippen molar-refractivity contribution in [2.75, 3.05) is 33.2 Å². The molecule has 0 saturated carbocycles. The van der Waals surface area contributed by atoms with Crippen molar-refractivity contribution in [2.45, 2.75) is 35.7 Å². The van der Waals surface area contributed by atoms with Gasteiger partial charge >= 0.3 is 0 Å². The molecule has 0 radical (unpaired) electrons. The fourth-order valence-electron chi connectivity index (χ4n) is 2.61. The summed E-state index contributed by atoms with van der Waals surface area (Å²) in [4.78, 5) is 4.85. The minimum absolute atomic E-state index is 0.598. The lowest BCUT2D eigenvalue weighted by Gasteiger charge is -2.16. The number of benzene rings is 2. The molecule has 0 aliphatic rings. The quantitative estimate of drug-likeness (QED) is 0.277. The molecule has 0 heterocycles. The van der Waals surface area contributed by atoms with Gasteiger partial charge in [-0.15, -0.1) is 0 Å². The number of rotatable bonds is 14.